The van der Waals surface area contributed by atoms with Gasteiger partial charge in [0.25, 0.3) is 0 Å². The SMILES string of the molecule is O=C(O)c1ccc(S(=O)(=O)CCCn2ccnc2)o1. The molecule has 7 nitrogen and oxygen atoms in total. The lowest BCUT2D eigenvalue weighted by Crippen LogP contribution is -2.08. The molecule has 0 aliphatic carbocycles. The molecule has 0 amide bonds. The van der Waals surface area contributed by atoms with Crippen LogP contribution < -0.4 is 0 Å². The summed E-state index contributed by atoms with van der Waals surface area (Å²) in [6, 6.07) is 2.29. The fraction of sp³-hybridized carbons (Fsp3) is 0.273. The number of aromatic nitrogens is 2. The number of carbonyl (C=O) groups is 1. The van der Waals surface area contributed by atoms with Gasteiger partial charge in [0.05, 0.1) is 12.1 Å². The first-order valence-electron chi connectivity index (χ1n) is 5.51. The number of aromatic carboxylic acids is 1. The average molecular weight is 284 g/mol. The lowest BCUT2D eigenvalue weighted by atomic mass is 10.5. The Balaban J connectivity index is 1.99. The van der Waals surface area contributed by atoms with E-state index in [1.807, 2.05) is 0 Å². The Hall–Kier alpha value is -2.09. The second-order valence-corrected chi connectivity index (χ2v) is 5.94. The Morgan fingerprint density at radius 3 is 2.79 bits per heavy atom. The second-order valence-electron chi connectivity index (χ2n) is 3.90. The molecule has 19 heavy (non-hydrogen) atoms. The summed E-state index contributed by atoms with van der Waals surface area (Å²) in [6.07, 6.45) is 5.34. The van der Waals surface area contributed by atoms with Crippen LogP contribution in [0.25, 0.3) is 0 Å². The van der Waals surface area contributed by atoms with E-state index in [-0.39, 0.29) is 16.6 Å². The van der Waals surface area contributed by atoms with Crippen LogP contribution in [-0.4, -0.2) is 34.8 Å². The number of aryl methyl sites for hydroxylation is 1. The molecule has 0 saturated carbocycles. The summed E-state index contributed by atoms with van der Waals surface area (Å²) in [5, 5.41) is 8.36. The molecule has 0 fully saturated rings. The maximum absolute atomic E-state index is 11.9. The second kappa shape index (κ2) is 5.27. The number of hydrogen-bond acceptors (Lipinski definition) is 5. The van der Waals surface area contributed by atoms with Crippen molar-refractivity contribution < 1.29 is 22.7 Å². The van der Waals surface area contributed by atoms with Crippen LogP contribution in [0.15, 0.2) is 40.4 Å². The van der Waals surface area contributed by atoms with Crippen molar-refractivity contribution in [3.05, 3.63) is 36.6 Å². The van der Waals surface area contributed by atoms with E-state index in [9.17, 15) is 13.2 Å². The first-order valence-corrected chi connectivity index (χ1v) is 7.16. The van der Waals surface area contributed by atoms with E-state index in [1.54, 1.807) is 23.3 Å². The van der Waals surface area contributed by atoms with Gasteiger partial charge in [0, 0.05) is 18.9 Å². The summed E-state index contributed by atoms with van der Waals surface area (Å²) >= 11 is 0. The molecule has 0 spiro atoms. The van der Waals surface area contributed by atoms with Crippen LogP contribution in [0.1, 0.15) is 17.0 Å². The van der Waals surface area contributed by atoms with Gasteiger partial charge in [-0.2, -0.15) is 0 Å². The Labute approximate surface area is 109 Å². The largest absolute Gasteiger partial charge is 0.475 e. The van der Waals surface area contributed by atoms with Crippen LogP contribution in [0.5, 0.6) is 0 Å². The van der Waals surface area contributed by atoms with Gasteiger partial charge in [-0.1, -0.05) is 0 Å². The van der Waals surface area contributed by atoms with E-state index in [0.717, 1.165) is 12.1 Å². The monoisotopic (exact) mass is 284 g/mol. The van der Waals surface area contributed by atoms with Crippen LogP contribution in [0.4, 0.5) is 0 Å². The van der Waals surface area contributed by atoms with Crippen LogP contribution in [0.2, 0.25) is 0 Å². The highest BCUT2D eigenvalue weighted by atomic mass is 32.2. The molecule has 0 unspecified atom stereocenters. The molecule has 2 rings (SSSR count). The molecule has 2 aromatic heterocycles. The fourth-order valence-corrected chi connectivity index (χ4v) is 2.76. The summed E-state index contributed by atoms with van der Waals surface area (Å²) < 4.78 is 30.3. The maximum Gasteiger partial charge on any atom is 0.371 e. The molecule has 0 aliphatic rings. The van der Waals surface area contributed by atoms with Gasteiger partial charge in [-0.3, -0.25) is 0 Å². The Bertz CT molecular complexity index is 657. The normalized spacial score (nSPS) is 11.6. The van der Waals surface area contributed by atoms with Crippen LogP contribution in [0, 0.1) is 0 Å². The van der Waals surface area contributed by atoms with E-state index in [1.165, 1.54) is 0 Å². The van der Waals surface area contributed by atoms with E-state index in [0.29, 0.717) is 13.0 Å². The van der Waals surface area contributed by atoms with E-state index in [4.69, 9.17) is 9.52 Å². The van der Waals surface area contributed by atoms with Crippen molar-refractivity contribution in [3.8, 4) is 0 Å². The Morgan fingerprint density at radius 1 is 1.42 bits per heavy atom. The van der Waals surface area contributed by atoms with Gasteiger partial charge in [-0.05, 0) is 18.6 Å². The van der Waals surface area contributed by atoms with Crippen LogP contribution in [0.3, 0.4) is 0 Å². The number of imidazole rings is 1. The number of sulfone groups is 1. The molecule has 0 radical (unpaired) electrons. The van der Waals surface area contributed by atoms with Gasteiger partial charge in [0.2, 0.25) is 20.7 Å². The molecule has 8 heteroatoms. The zero-order chi connectivity index (χ0) is 13.9. The zero-order valence-electron chi connectivity index (χ0n) is 9.89. The molecule has 0 aliphatic heterocycles. The highest BCUT2D eigenvalue weighted by Gasteiger charge is 2.20. The predicted octanol–water partition coefficient (Wildman–Crippen LogP) is 1.04. The summed E-state index contributed by atoms with van der Waals surface area (Å²) in [5.41, 5.74) is 0. The lowest BCUT2D eigenvalue weighted by molar-refractivity contribution is 0.0656. The minimum atomic E-state index is -3.59. The van der Waals surface area contributed by atoms with Crippen molar-refractivity contribution in [2.24, 2.45) is 0 Å². The van der Waals surface area contributed by atoms with E-state index < -0.39 is 15.8 Å². The fourth-order valence-electron chi connectivity index (χ4n) is 1.56. The van der Waals surface area contributed by atoms with Gasteiger partial charge in [-0.15, -0.1) is 0 Å². The van der Waals surface area contributed by atoms with Gasteiger partial charge in [-0.25, -0.2) is 18.2 Å². The third kappa shape index (κ3) is 3.22. The van der Waals surface area contributed by atoms with E-state index in [2.05, 4.69) is 4.98 Å². The highest BCUT2D eigenvalue weighted by molar-refractivity contribution is 7.91. The van der Waals surface area contributed by atoms with Crippen molar-refractivity contribution in [2.75, 3.05) is 5.75 Å². The standard InChI is InChI=1S/C11H12N2O5S/c14-11(15)9-2-3-10(18-9)19(16,17)7-1-5-13-6-4-12-8-13/h2-4,6,8H,1,5,7H2,(H,14,15). The molecular formula is C11H12N2O5S. The molecule has 0 aromatic carbocycles. The number of hydrogen-bond donors (Lipinski definition) is 1. The lowest BCUT2D eigenvalue weighted by Gasteiger charge is -2.02. The quantitative estimate of drug-likeness (QED) is 0.850. The first kappa shape index (κ1) is 13.3. The van der Waals surface area contributed by atoms with Crippen molar-refractivity contribution in [1.29, 1.82) is 0 Å². The molecule has 1 N–H and O–H groups in total. The number of nitrogens with zero attached hydrogens (tertiary/aromatic N) is 2. The zero-order valence-corrected chi connectivity index (χ0v) is 10.7. The number of carboxylic acid groups (broad SMARTS) is 1. The smallest absolute Gasteiger partial charge is 0.371 e. The van der Waals surface area contributed by atoms with E-state index >= 15 is 0 Å². The van der Waals surface area contributed by atoms with Crippen LogP contribution in [-0.2, 0) is 16.4 Å². The van der Waals surface area contributed by atoms with Crippen molar-refractivity contribution >= 4 is 15.8 Å². The third-order valence-corrected chi connectivity index (χ3v) is 4.15. The Kier molecular flexibility index (Phi) is 3.70. The molecular weight excluding hydrogens is 272 g/mol. The van der Waals surface area contributed by atoms with Gasteiger partial charge >= 0.3 is 5.97 Å². The van der Waals surface area contributed by atoms with Crippen molar-refractivity contribution in [3.63, 3.8) is 0 Å². The number of rotatable bonds is 6. The van der Waals surface area contributed by atoms with Gasteiger partial charge in [0.1, 0.15) is 0 Å². The third-order valence-electron chi connectivity index (χ3n) is 2.49. The summed E-state index contributed by atoms with van der Waals surface area (Å²) in [7, 11) is -3.59. The molecule has 0 atom stereocenters. The molecule has 0 saturated heterocycles. The first-order chi connectivity index (χ1) is 8.99. The van der Waals surface area contributed by atoms with Gasteiger partial charge in [0.15, 0.2) is 0 Å². The molecule has 102 valence electrons. The summed E-state index contributed by atoms with van der Waals surface area (Å²) in [5.74, 6) is -1.79. The summed E-state index contributed by atoms with van der Waals surface area (Å²) in [4.78, 5) is 14.5. The molecule has 2 aromatic rings. The highest BCUT2D eigenvalue weighted by Crippen LogP contribution is 2.16. The molecule has 2 heterocycles. The van der Waals surface area contributed by atoms with Gasteiger partial charge < -0.3 is 14.1 Å². The van der Waals surface area contributed by atoms with Crippen molar-refractivity contribution in [2.45, 2.75) is 18.1 Å². The molecule has 0 bridgehead atoms. The maximum atomic E-state index is 11.9. The number of furan rings is 1. The van der Waals surface area contributed by atoms with Crippen molar-refractivity contribution in [1.82, 2.24) is 9.55 Å². The minimum absolute atomic E-state index is 0.113. The number of carboxylic acids is 1. The average Bonchev–Trinajstić information content (AvgIpc) is 2.99. The topological polar surface area (TPSA) is 102 Å². The predicted molar refractivity (Wildman–Crippen MR) is 64.6 cm³/mol. The summed E-state index contributed by atoms with van der Waals surface area (Å²) in [6.45, 7) is 0.520. The van der Waals surface area contributed by atoms with Crippen LogP contribution >= 0.6 is 0 Å². The minimum Gasteiger partial charge on any atom is -0.475 e. The Morgan fingerprint density at radius 2 is 2.21 bits per heavy atom.